The van der Waals surface area contributed by atoms with E-state index in [9.17, 15) is 18.0 Å². The molecule has 0 spiro atoms. The number of hydrogen-bond donors (Lipinski definition) is 2. The number of halogens is 3. The maximum atomic E-state index is 13.6. The first-order valence-corrected chi connectivity index (χ1v) is 6.00. The Morgan fingerprint density at radius 2 is 1.95 bits per heavy atom. The van der Waals surface area contributed by atoms with Gasteiger partial charge in [0, 0.05) is 7.05 Å². The number of nitrogens with zero attached hydrogens (tertiary/aromatic N) is 2. The first-order valence-electron chi connectivity index (χ1n) is 5.59. The van der Waals surface area contributed by atoms with Crippen molar-refractivity contribution < 1.29 is 18.0 Å². The number of thiocarbonyl (C=S) groups is 1. The standard InChI is InChI=1S/C12H9F3N4OS/c1-19-11(6(4-17-19)10(16)21)18-12(20)5-2-3-7(13)9(15)8(5)14/h2-4H,1H3,(H2,16,21)(H,18,20). The SMILES string of the molecule is Cn1ncc(C(N)=S)c1NC(=O)c1ccc(F)c(F)c1F. The van der Waals surface area contributed by atoms with E-state index in [0.717, 1.165) is 6.07 Å². The number of hydrogen-bond acceptors (Lipinski definition) is 3. The molecule has 1 aromatic carbocycles. The van der Waals surface area contributed by atoms with Gasteiger partial charge in [-0.3, -0.25) is 9.48 Å². The van der Waals surface area contributed by atoms with Crippen molar-refractivity contribution in [1.82, 2.24) is 9.78 Å². The van der Waals surface area contributed by atoms with Crippen molar-refractivity contribution in [3.05, 3.63) is 46.9 Å². The molecule has 5 nitrogen and oxygen atoms in total. The molecule has 110 valence electrons. The fourth-order valence-electron chi connectivity index (χ4n) is 1.64. The molecule has 0 aliphatic heterocycles. The van der Waals surface area contributed by atoms with Crippen molar-refractivity contribution in [1.29, 1.82) is 0 Å². The Balaban J connectivity index is 2.38. The average Bonchev–Trinajstić information content (AvgIpc) is 2.78. The molecule has 1 aromatic heterocycles. The second-order valence-electron chi connectivity index (χ2n) is 4.07. The smallest absolute Gasteiger partial charge is 0.259 e. The summed E-state index contributed by atoms with van der Waals surface area (Å²) >= 11 is 4.79. The maximum Gasteiger partial charge on any atom is 0.259 e. The summed E-state index contributed by atoms with van der Waals surface area (Å²) in [6.07, 6.45) is 1.32. The van der Waals surface area contributed by atoms with Crippen LogP contribution in [0.15, 0.2) is 18.3 Å². The number of nitrogens with one attached hydrogen (secondary N) is 1. The third-order valence-electron chi connectivity index (χ3n) is 2.72. The highest BCUT2D eigenvalue weighted by Gasteiger charge is 2.21. The molecule has 3 N–H and O–H groups in total. The highest BCUT2D eigenvalue weighted by atomic mass is 32.1. The molecule has 0 aliphatic rings. The molecule has 9 heteroatoms. The van der Waals surface area contributed by atoms with Crippen LogP contribution in [0.2, 0.25) is 0 Å². The van der Waals surface area contributed by atoms with E-state index < -0.39 is 28.9 Å². The molecule has 0 aliphatic carbocycles. The van der Waals surface area contributed by atoms with Crippen LogP contribution in [0, 0.1) is 17.5 Å². The van der Waals surface area contributed by atoms with Gasteiger partial charge in [-0.15, -0.1) is 0 Å². The van der Waals surface area contributed by atoms with E-state index in [1.165, 1.54) is 17.9 Å². The third kappa shape index (κ3) is 2.72. The Bertz CT molecular complexity index is 744. The van der Waals surface area contributed by atoms with Crippen LogP contribution >= 0.6 is 12.2 Å². The number of carbonyl (C=O) groups excluding carboxylic acids is 1. The highest BCUT2D eigenvalue weighted by molar-refractivity contribution is 7.80. The molecule has 0 saturated carbocycles. The van der Waals surface area contributed by atoms with E-state index in [2.05, 4.69) is 10.4 Å². The van der Waals surface area contributed by atoms with Gasteiger partial charge in [-0.2, -0.15) is 5.10 Å². The molecule has 2 rings (SSSR count). The van der Waals surface area contributed by atoms with E-state index in [-0.39, 0.29) is 16.4 Å². The number of amides is 1. The first kappa shape index (κ1) is 15.0. The molecular formula is C12H9F3N4OS. The lowest BCUT2D eigenvalue weighted by atomic mass is 10.2. The Morgan fingerprint density at radius 3 is 2.57 bits per heavy atom. The van der Waals surface area contributed by atoms with E-state index in [1.54, 1.807) is 0 Å². The van der Waals surface area contributed by atoms with E-state index in [0.29, 0.717) is 6.07 Å². The van der Waals surface area contributed by atoms with Crippen molar-refractivity contribution >= 4 is 28.9 Å². The van der Waals surface area contributed by atoms with Crippen LogP contribution in [0.25, 0.3) is 0 Å². The second kappa shape index (κ2) is 5.52. The molecule has 1 heterocycles. The zero-order chi connectivity index (χ0) is 15.7. The predicted octanol–water partition coefficient (Wildman–Crippen LogP) is 1.72. The van der Waals surface area contributed by atoms with Crippen LogP contribution < -0.4 is 11.1 Å². The fourth-order valence-corrected chi connectivity index (χ4v) is 1.79. The number of carbonyl (C=O) groups is 1. The van der Waals surface area contributed by atoms with Crippen LogP contribution in [0.4, 0.5) is 19.0 Å². The van der Waals surface area contributed by atoms with Crippen molar-refractivity contribution in [2.45, 2.75) is 0 Å². The van der Waals surface area contributed by atoms with Gasteiger partial charge in [0.05, 0.1) is 17.3 Å². The van der Waals surface area contributed by atoms with Gasteiger partial charge in [-0.05, 0) is 12.1 Å². The Labute approximate surface area is 122 Å². The van der Waals surface area contributed by atoms with Crippen molar-refractivity contribution in [2.24, 2.45) is 12.8 Å². The summed E-state index contributed by atoms with van der Waals surface area (Å²) in [5, 5.41) is 6.15. The summed E-state index contributed by atoms with van der Waals surface area (Å²) in [5.41, 5.74) is 5.08. The minimum absolute atomic E-state index is 0.0239. The number of nitrogens with two attached hydrogens (primary N) is 1. The summed E-state index contributed by atoms with van der Waals surface area (Å²) in [6.45, 7) is 0. The molecule has 0 radical (unpaired) electrons. The largest absolute Gasteiger partial charge is 0.389 e. The van der Waals surface area contributed by atoms with Crippen LogP contribution in [-0.4, -0.2) is 20.7 Å². The van der Waals surface area contributed by atoms with Crippen LogP contribution in [-0.2, 0) is 7.05 Å². The van der Waals surface area contributed by atoms with Crippen molar-refractivity contribution in [2.75, 3.05) is 5.32 Å². The second-order valence-corrected chi connectivity index (χ2v) is 4.51. The zero-order valence-corrected chi connectivity index (χ0v) is 11.5. The summed E-state index contributed by atoms with van der Waals surface area (Å²) in [5.74, 6) is -5.54. The molecule has 0 atom stereocenters. The Kier molecular flexibility index (Phi) is 3.94. The number of aromatic nitrogens is 2. The summed E-state index contributed by atoms with van der Waals surface area (Å²) in [7, 11) is 1.50. The molecule has 0 fully saturated rings. The number of rotatable bonds is 3. The van der Waals surface area contributed by atoms with Crippen molar-refractivity contribution in [3.8, 4) is 0 Å². The fraction of sp³-hybridized carbons (Fsp3) is 0.0833. The lowest BCUT2D eigenvalue weighted by Crippen LogP contribution is -2.20. The van der Waals surface area contributed by atoms with Gasteiger partial charge in [0.25, 0.3) is 5.91 Å². The van der Waals surface area contributed by atoms with Gasteiger partial charge in [-0.1, -0.05) is 12.2 Å². The summed E-state index contributed by atoms with van der Waals surface area (Å²) in [4.78, 5) is 11.9. The summed E-state index contributed by atoms with van der Waals surface area (Å²) < 4.78 is 40.8. The minimum Gasteiger partial charge on any atom is -0.389 e. The molecule has 2 aromatic rings. The quantitative estimate of drug-likeness (QED) is 0.668. The van der Waals surface area contributed by atoms with E-state index in [1.807, 2.05) is 0 Å². The molecule has 1 amide bonds. The molecule has 21 heavy (non-hydrogen) atoms. The first-order chi connectivity index (χ1) is 9.82. The number of aryl methyl sites for hydroxylation is 1. The Hall–Kier alpha value is -2.42. The molecule has 0 bridgehead atoms. The van der Waals surface area contributed by atoms with E-state index in [4.69, 9.17) is 18.0 Å². The lowest BCUT2D eigenvalue weighted by molar-refractivity contribution is 0.102. The number of anilines is 1. The molecular weight excluding hydrogens is 305 g/mol. The van der Waals surface area contributed by atoms with E-state index >= 15 is 0 Å². The Morgan fingerprint density at radius 1 is 1.29 bits per heavy atom. The average molecular weight is 314 g/mol. The monoisotopic (exact) mass is 314 g/mol. The number of benzene rings is 1. The van der Waals surface area contributed by atoms with Crippen LogP contribution in [0.1, 0.15) is 15.9 Å². The van der Waals surface area contributed by atoms with Crippen molar-refractivity contribution in [3.63, 3.8) is 0 Å². The molecule has 0 unspecified atom stereocenters. The lowest BCUT2D eigenvalue weighted by Gasteiger charge is -2.09. The topological polar surface area (TPSA) is 72.9 Å². The predicted molar refractivity (Wildman–Crippen MR) is 73.4 cm³/mol. The van der Waals surface area contributed by atoms with Gasteiger partial charge in [0.2, 0.25) is 0 Å². The highest BCUT2D eigenvalue weighted by Crippen LogP contribution is 2.19. The zero-order valence-electron chi connectivity index (χ0n) is 10.7. The van der Waals surface area contributed by atoms with Gasteiger partial charge in [0.15, 0.2) is 17.5 Å². The van der Waals surface area contributed by atoms with Gasteiger partial charge in [0.1, 0.15) is 10.8 Å². The van der Waals surface area contributed by atoms with Gasteiger partial charge in [-0.25, -0.2) is 13.2 Å². The third-order valence-corrected chi connectivity index (χ3v) is 2.94. The van der Waals surface area contributed by atoms with Gasteiger partial charge >= 0.3 is 0 Å². The molecule has 0 saturated heterocycles. The normalized spacial score (nSPS) is 10.5. The van der Waals surface area contributed by atoms with Gasteiger partial charge < -0.3 is 11.1 Å². The summed E-state index contributed by atoms with van der Waals surface area (Å²) in [6, 6.07) is 1.49. The van der Waals surface area contributed by atoms with Crippen LogP contribution in [0.3, 0.4) is 0 Å². The maximum absolute atomic E-state index is 13.6. The van der Waals surface area contributed by atoms with Crippen LogP contribution in [0.5, 0.6) is 0 Å². The minimum atomic E-state index is -1.72.